The molecule has 1 aromatic rings. The van der Waals surface area contributed by atoms with Crippen molar-refractivity contribution in [2.24, 2.45) is 0 Å². The number of rotatable bonds is 8. The molecule has 0 aliphatic carbocycles. The first kappa shape index (κ1) is 21.2. The molecule has 0 radical (unpaired) electrons. The fourth-order valence-electron chi connectivity index (χ4n) is 2.77. The molecule has 1 aromatic carbocycles. The Labute approximate surface area is 173 Å². The third-order valence-corrected chi connectivity index (χ3v) is 4.24. The van der Waals surface area contributed by atoms with Gasteiger partial charge in [-0.1, -0.05) is 26.7 Å². The zero-order chi connectivity index (χ0) is 18.8. The summed E-state index contributed by atoms with van der Waals surface area (Å²) in [6.07, 6.45) is 13.3. The van der Waals surface area contributed by atoms with Gasteiger partial charge in [0.2, 0.25) is 0 Å². The molecule has 2 heterocycles. The molecule has 0 saturated carbocycles. The summed E-state index contributed by atoms with van der Waals surface area (Å²) in [5.74, 6) is 0. The topological polar surface area (TPSA) is 13.0 Å². The molecule has 2 aliphatic heterocycles. The number of benzene rings is 1. The normalized spacial score (nSPS) is 15.7. The summed E-state index contributed by atoms with van der Waals surface area (Å²) in [6, 6.07) is 9.81. The van der Waals surface area contributed by atoms with Crippen LogP contribution in [0.3, 0.4) is 0 Å². The van der Waals surface area contributed by atoms with Gasteiger partial charge in [-0.2, -0.15) is 19.4 Å². The van der Waals surface area contributed by atoms with Crippen LogP contribution in [0.25, 0.3) is 0 Å². The number of hydrogen-bond acceptors (Lipinski definition) is 4. The van der Waals surface area contributed by atoms with E-state index in [0.717, 1.165) is 24.5 Å². The van der Waals surface area contributed by atoms with E-state index in [9.17, 15) is 0 Å². The van der Waals surface area contributed by atoms with Gasteiger partial charge in [-0.05, 0) is 50.7 Å². The zero-order valence-electron chi connectivity index (χ0n) is 15.4. The van der Waals surface area contributed by atoms with Gasteiger partial charge >= 0.3 is 28.2 Å². The molecule has 0 aromatic heterocycles. The number of unbranched alkanes of at least 4 members (excludes halogenated alkanes) is 2. The summed E-state index contributed by atoms with van der Waals surface area (Å²) in [6.45, 7) is 10.9. The number of nitrogens with zero attached hydrogens (tertiary/aromatic N) is 4. The van der Waals surface area contributed by atoms with Crippen molar-refractivity contribution in [2.75, 3.05) is 22.9 Å². The van der Waals surface area contributed by atoms with Gasteiger partial charge in [-0.25, -0.2) is 0 Å². The van der Waals surface area contributed by atoms with E-state index in [1.54, 1.807) is 18.8 Å². The monoisotopic (exact) mass is 553 g/mol. The molecule has 0 fully saturated rings. The molecule has 0 saturated heterocycles. The third kappa shape index (κ3) is 5.96. The summed E-state index contributed by atoms with van der Waals surface area (Å²) in [7, 11) is 4.61. The van der Waals surface area contributed by atoms with Gasteiger partial charge in [0, 0.05) is 0 Å². The average molecular weight is 554 g/mol. The van der Waals surface area contributed by atoms with E-state index in [-0.39, 0.29) is 0 Å². The van der Waals surface area contributed by atoms with Crippen molar-refractivity contribution in [3.05, 3.63) is 62.4 Å². The van der Waals surface area contributed by atoms with Gasteiger partial charge < -0.3 is 19.6 Å². The van der Waals surface area contributed by atoms with Crippen LogP contribution in [0.1, 0.15) is 39.5 Å². The van der Waals surface area contributed by atoms with Crippen LogP contribution in [0, 0.1) is 19.4 Å². The van der Waals surface area contributed by atoms with Crippen molar-refractivity contribution >= 4 is 20.8 Å². The van der Waals surface area contributed by atoms with Crippen molar-refractivity contribution in [1.29, 1.82) is 0 Å². The van der Waals surface area contributed by atoms with E-state index >= 15 is 0 Å². The van der Waals surface area contributed by atoms with Crippen LogP contribution in [0.4, 0.5) is 11.4 Å². The van der Waals surface area contributed by atoms with Crippen molar-refractivity contribution < 1.29 is 18.8 Å². The molecule has 26 heavy (non-hydrogen) atoms. The summed E-state index contributed by atoms with van der Waals surface area (Å²) in [4.78, 5) is 8.73. The molecular formula is C20H27ClN4Pt-3. The van der Waals surface area contributed by atoms with E-state index in [2.05, 4.69) is 105 Å². The van der Waals surface area contributed by atoms with Crippen molar-refractivity contribution in [3.8, 4) is 0 Å². The minimum absolute atomic E-state index is 1.07. The van der Waals surface area contributed by atoms with Gasteiger partial charge in [0.05, 0.1) is 0 Å². The molecule has 6 heteroatoms. The number of hydrogen-bond donors (Lipinski definition) is 0. The second-order valence-electron chi connectivity index (χ2n) is 6.25. The molecule has 0 amide bonds. The Balaban J connectivity index is 0.00000117. The van der Waals surface area contributed by atoms with Crippen LogP contribution in [-0.4, -0.2) is 22.9 Å². The molecule has 0 unspecified atom stereocenters. The Kier molecular flexibility index (Phi) is 9.42. The van der Waals surface area contributed by atoms with Crippen molar-refractivity contribution in [3.63, 3.8) is 0 Å². The first-order chi connectivity index (χ1) is 12.8. The zero-order valence-corrected chi connectivity index (χ0v) is 18.4. The first-order valence-corrected chi connectivity index (χ1v) is 11.9. The molecule has 147 valence electrons. The summed E-state index contributed by atoms with van der Waals surface area (Å²) in [5.41, 5.74) is 2.13. The predicted molar refractivity (Wildman–Crippen MR) is 106 cm³/mol. The van der Waals surface area contributed by atoms with Gasteiger partial charge in [0.15, 0.2) is 0 Å². The van der Waals surface area contributed by atoms with Crippen LogP contribution >= 0.6 is 9.42 Å². The summed E-state index contributed by atoms with van der Waals surface area (Å²) < 4.78 is 0. The summed E-state index contributed by atoms with van der Waals surface area (Å²) in [5, 5.41) is 0. The number of halogens is 1. The number of anilines is 2. The Morgan fingerprint density at radius 3 is 1.73 bits per heavy atom. The Hall–Kier alpha value is -1.12. The minimum atomic E-state index is 1.07. The molecule has 3 rings (SSSR count). The molecular weight excluding hydrogens is 527 g/mol. The predicted octanol–water partition coefficient (Wildman–Crippen LogP) is 5.20. The molecule has 0 bridgehead atoms. The van der Waals surface area contributed by atoms with Crippen LogP contribution in [0.2, 0.25) is 0 Å². The molecule has 0 N–H and O–H groups in total. The second kappa shape index (κ2) is 11.6. The van der Waals surface area contributed by atoms with Crippen LogP contribution in [0.5, 0.6) is 0 Å². The van der Waals surface area contributed by atoms with Gasteiger partial charge in [0.1, 0.15) is 0 Å². The van der Waals surface area contributed by atoms with Crippen LogP contribution in [0.15, 0.2) is 43.0 Å². The van der Waals surface area contributed by atoms with E-state index in [4.69, 9.17) is 0 Å². The quantitative estimate of drug-likeness (QED) is 0.410. The fraction of sp³-hybridized carbons (Fsp3) is 0.400. The Morgan fingerprint density at radius 2 is 1.31 bits per heavy atom. The van der Waals surface area contributed by atoms with Gasteiger partial charge in [-0.3, -0.25) is 0 Å². The van der Waals surface area contributed by atoms with Crippen molar-refractivity contribution in [1.82, 2.24) is 9.80 Å². The Morgan fingerprint density at radius 1 is 0.846 bits per heavy atom. The third-order valence-electron chi connectivity index (χ3n) is 4.24. The van der Waals surface area contributed by atoms with Crippen molar-refractivity contribution in [2.45, 2.75) is 39.5 Å². The maximum absolute atomic E-state index is 4.61. The molecule has 0 spiro atoms. The first-order valence-electron chi connectivity index (χ1n) is 9.09. The SMILES string of the molecule is CCCCN1C=CN(c2[c-]c(N3C=CN(CCCC)[CH-]3)ccc2)[CH-]1.[Cl][Pt]. The van der Waals surface area contributed by atoms with Gasteiger partial charge in [0.25, 0.3) is 0 Å². The van der Waals surface area contributed by atoms with E-state index in [1.165, 1.54) is 25.7 Å². The maximum atomic E-state index is 4.61. The second-order valence-corrected chi connectivity index (χ2v) is 6.25. The van der Waals surface area contributed by atoms with Crippen LogP contribution < -0.4 is 9.80 Å². The average Bonchev–Trinajstić information content (AvgIpc) is 3.36. The van der Waals surface area contributed by atoms with E-state index in [0.29, 0.717) is 0 Å². The van der Waals surface area contributed by atoms with Gasteiger partial charge in [-0.15, -0.1) is 29.6 Å². The molecule has 4 nitrogen and oxygen atoms in total. The molecule has 0 atom stereocenters. The standard InChI is InChI=1S/C20H27N4.ClH.Pt/c1-3-5-10-21-12-14-23(17-21)19-8-7-9-20(16-19)24-15-13-22(18-24)11-6-4-2;;/h7-9,12-15,17-18H,3-6,10-11H2,1-2H3;1H;/q-3;;+1/p-1. The van der Waals surface area contributed by atoms with Crippen LogP contribution in [-0.2, 0) is 18.8 Å². The Bertz CT molecular complexity index is 546. The summed E-state index contributed by atoms with van der Waals surface area (Å²) >= 11 is 1.61. The van der Waals surface area contributed by atoms with E-state index in [1.807, 2.05) is 0 Å². The fourth-order valence-corrected chi connectivity index (χ4v) is 2.77. The molecule has 2 aliphatic rings. The van der Waals surface area contributed by atoms with E-state index < -0.39 is 0 Å².